The fourth-order valence-corrected chi connectivity index (χ4v) is 5.63. The summed E-state index contributed by atoms with van der Waals surface area (Å²) in [5.41, 5.74) is 6.10. The van der Waals surface area contributed by atoms with Gasteiger partial charge in [-0.2, -0.15) is 10.2 Å². The maximum Gasteiger partial charge on any atom is 0.494 e. The van der Waals surface area contributed by atoms with Crippen LogP contribution in [0.1, 0.15) is 78.4 Å². The molecule has 0 N–H and O–H groups in total. The van der Waals surface area contributed by atoms with Crippen LogP contribution in [0.4, 0.5) is 4.39 Å². The van der Waals surface area contributed by atoms with Crippen molar-refractivity contribution in [2.75, 3.05) is 0 Å². The molecule has 0 amide bonds. The number of halogens is 4. The van der Waals surface area contributed by atoms with Gasteiger partial charge in [0.2, 0.25) is 5.28 Å². The maximum atomic E-state index is 13.9. The number of aromatic nitrogens is 7. The van der Waals surface area contributed by atoms with E-state index < -0.39 is 0 Å². The third kappa shape index (κ3) is 8.24. The van der Waals surface area contributed by atoms with E-state index in [0.29, 0.717) is 22.6 Å². The van der Waals surface area contributed by atoms with Crippen LogP contribution in [0.3, 0.4) is 0 Å². The van der Waals surface area contributed by atoms with Crippen molar-refractivity contribution in [3.05, 3.63) is 106 Å². The Morgan fingerprint density at radius 2 is 1.31 bits per heavy atom. The number of hydrogen-bond donors (Lipinski definition) is 0. The molecule has 0 spiro atoms. The third-order valence-corrected chi connectivity index (χ3v) is 9.22. The number of nitrogens with zero attached hydrogens (tertiary/aromatic N) is 7. The molecule has 1 fully saturated rings. The van der Waals surface area contributed by atoms with Crippen LogP contribution in [0.25, 0.3) is 22.2 Å². The Bertz CT molecular complexity index is 2050. The predicted molar refractivity (Wildman–Crippen MR) is 195 cm³/mol. The van der Waals surface area contributed by atoms with Gasteiger partial charge >= 0.3 is 7.12 Å². The van der Waals surface area contributed by atoms with E-state index in [0.717, 1.165) is 33.8 Å². The number of rotatable bonds is 4. The zero-order chi connectivity index (χ0) is 35.7. The second kappa shape index (κ2) is 14.7. The summed E-state index contributed by atoms with van der Waals surface area (Å²) < 4.78 is 29.8. The lowest BCUT2D eigenvalue weighted by Crippen LogP contribution is -2.41. The first kappa shape index (κ1) is 36.7. The first-order valence-electron chi connectivity index (χ1n) is 15.8. The molecule has 9 nitrogen and oxygen atoms in total. The molecule has 0 aliphatic carbocycles. The summed E-state index contributed by atoms with van der Waals surface area (Å²) in [6, 6.07) is 11.0. The molecule has 0 aromatic carbocycles. The van der Waals surface area contributed by atoms with E-state index in [-0.39, 0.29) is 34.6 Å². The SMILES string of the molecule is CC(C)c1cnn2ccc(-c3cc(Cl)ncc3F)cc12.CC(C)c1cnn2ccc(B3OC(C)(C)C(C)(C)O3)cc12.Clc1ccnc(Cl)n1. The molecule has 6 aromatic heterocycles. The quantitative estimate of drug-likeness (QED) is 0.0777. The minimum Gasteiger partial charge on any atom is -0.399 e. The fourth-order valence-electron chi connectivity index (χ4n) is 5.15. The van der Waals surface area contributed by atoms with E-state index >= 15 is 0 Å². The van der Waals surface area contributed by atoms with E-state index in [1.54, 1.807) is 10.6 Å². The summed E-state index contributed by atoms with van der Waals surface area (Å²) in [4.78, 5) is 10.9. The molecule has 49 heavy (non-hydrogen) atoms. The molecular weight excluding hydrogens is 687 g/mol. The summed E-state index contributed by atoms with van der Waals surface area (Å²) in [5.74, 6) is 0.411. The Kier molecular flexibility index (Phi) is 11.0. The van der Waals surface area contributed by atoms with Crippen molar-refractivity contribution in [3.8, 4) is 11.1 Å². The average molecular weight is 725 g/mol. The zero-order valence-corrected chi connectivity index (χ0v) is 30.9. The van der Waals surface area contributed by atoms with Gasteiger partial charge in [-0.1, -0.05) is 50.9 Å². The molecule has 0 atom stereocenters. The summed E-state index contributed by atoms with van der Waals surface area (Å²) in [7, 11) is -0.324. The van der Waals surface area contributed by atoms with Gasteiger partial charge in [-0.25, -0.2) is 28.4 Å². The topological polar surface area (TPSA) is 91.7 Å². The van der Waals surface area contributed by atoms with Gasteiger partial charge < -0.3 is 9.31 Å². The van der Waals surface area contributed by atoms with Crippen molar-refractivity contribution in [1.82, 2.24) is 34.2 Å². The molecule has 256 valence electrons. The summed E-state index contributed by atoms with van der Waals surface area (Å²) in [6.07, 6.45) is 10.2. The van der Waals surface area contributed by atoms with E-state index in [1.807, 2.05) is 47.5 Å². The summed E-state index contributed by atoms with van der Waals surface area (Å²) >= 11 is 16.6. The lowest BCUT2D eigenvalue weighted by Gasteiger charge is -2.32. The first-order valence-corrected chi connectivity index (χ1v) is 16.9. The van der Waals surface area contributed by atoms with Gasteiger partial charge in [0, 0.05) is 35.3 Å². The minimum absolute atomic E-state index is 0.178. The fraction of sp³-hybridized carbons (Fsp3) is 0.343. The molecular formula is C35H38BCl3FN7O2. The van der Waals surface area contributed by atoms with Crippen LogP contribution in [-0.4, -0.2) is 52.5 Å². The van der Waals surface area contributed by atoms with E-state index in [4.69, 9.17) is 44.1 Å². The van der Waals surface area contributed by atoms with Crippen molar-refractivity contribution in [3.63, 3.8) is 0 Å². The largest absolute Gasteiger partial charge is 0.494 e. The monoisotopic (exact) mass is 723 g/mol. The highest BCUT2D eigenvalue weighted by Crippen LogP contribution is 2.36. The van der Waals surface area contributed by atoms with Crippen LogP contribution >= 0.6 is 34.8 Å². The van der Waals surface area contributed by atoms with Crippen molar-refractivity contribution >= 4 is 58.4 Å². The Balaban J connectivity index is 0.000000157. The lowest BCUT2D eigenvalue weighted by atomic mass is 9.79. The standard InChI is InChI=1S/C16H23BN2O2.C15H13ClFN3.C4H2Cl2N2/c1-11(2)13-10-18-19-8-7-12(9-14(13)19)17-20-15(3,4)16(5,6)21-17;1-9(2)12-7-19-20-4-3-10(5-14(12)20)11-6-15(16)18-8-13(11)17;5-3-1-2-7-4(6)8-3/h7-11H,1-6H3;3-9H,1-2H3;1-2H. The lowest BCUT2D eigenvalue weighted by molar-refractivity contribution is 0.00578. The Labute approximate surface area is 300 Å². The molecule has 1 saturated heterocycles. The second-order valence-electron chi connectivity index (χ2n) is 13.3. The highest BCUT2D eigenvalue weighted by atomic mass is 35.5. The molecule has 1 aliphatic heterocycles. The van der Waals surface area contributed by atoms with Crippen molar-refractivity contribution in [2.45, 2.75) is 78.4 Å². The molecule has 14 heteroatoms. The normalized spacial score (nSPS) is 15.0. The zero-order valence-electron chi connectivity index (χ0n) is 28.6. The Morgan fingerprint density at radius 3 is 1.84 bits per heavy atom. The molecule has 7 heterocycles. The second-order valence-corrected chi connectivity index (χ2v) is 14.4. The number of hydrogen-bond acceptors (Lipinski definition) is 7. The molecule has 0 saturated carbocycles. The van der Waals surface area contributed by atoms with Gasteiger partial charge in [0.15, 0.2) is 0 Å². The van der Waals surface area contributed by atoms with Gasteiger partial charge in [0.25, 0.3) is 0 Å². The third-order valence-electron chi connectivity index (χ3n) is 8.62. The van der Waals surface area contributed by atoms with Gasteiger partial charge in [-0.3, -0.25) is 0 Å². The first-order chi connectivity index (χ1) is 23.1. The van der Waals surface area contributed by atoms with E-state index in [2.05, 4.69) is 86.6 Å². The van der Waals surface area contributed by atoms with Gasteiger partial charge in [0.1, 0.15) is 16.1 Å². The van der Waals surface area contributed by atoms with Gasteiger partial charge in [0.05, 0.1) is 40.8 Å². The van der Waals surface area contributed by atoms with Crippen molar-refractivity contribution < 1.29 is 13.7 Å². The molecule has 0 radical (unpaired) electrons. The molecule has 6 aromatic rings. The van der Waals surface area contributed by atoms with E-state index in [9.17, 15) is 4.39 Å². The molecule has 0 unspecified atom stereocenters. The van der Waals surface area contributed by atoms with Crippen LogP contribution in [-0.2, 0) is 9.31 Å². The average Bonchev–Trinajstić information content (AvgIpc) is 3.71. The number of fused-ring (bicyclic) bond motifs is 2. The van der Waals surface area contributed by atoms with Crippen LogP contribution in [0.5, 0.6) is 0 Å². The highest BCUT2D eigenvalue weighted by Gasteiger charge is 2.51. The summed E-state index contributed by atoms with van der Waals surface area (Å²) in [6.45, 7) is 16.9. The molecule has 1 aliphatic rings. The van der Waals surface area contributed by atoms with Gasteiger partial charge in [-0.15, -0.1) is 0 Å². The van der Waals surface area contributed by atoms with Crippen LogP contribution in [0.2, 0.25) is 15.6 Å². The van der Waals surface area contributed by atoms with Crippen LogP contribution in [0, 0.1) is 5.82 Å². The smallest absolute Gasteiger partial charge is 0.399 e. The van der Waals surface area contributed by atoms with Crippen LogP contribution < -0.4 is 5.46 Å². The highest BCUT2D eigenvalue weighted by molar-refractivity contribution is 6.62. The summed E-state index contributed by atoms with van der Waals surface area (Å²) in [5, 5.41) is 9.52. The molecule has 0 bridgehead atoms. The Hall–Kier alpha value is -3.61. The Morgan fingerprint density at radius 1 is 0.735 bits per heavy atom. The van der Waals surface area contributed by atoms with Crippen LogP contribution in [0.15, 0.2) is 73.6 Å². The minimum atomic E-state index is -0.385. The van der Waals surface area contributed by atoms with Crippen molar-refractivity contribution in [2.24, 2.45) is 0 Å². The molecule has 7 rings (SSSR count). The number of pyridine rings is 3. The predicted octanol–water partition coefficient (Wildman–Crippen LogP) is 8.85. The van der Waals surface area contributed by atoms with E-state index in [1.165, 1.54) is 17.8 Å². The van der Waals surface area contributed by atoms with Crippen molar-refractivity contribution in [1.29, 1.82) is 0 Å². The maximum absolute atomic E-state index is 13.9. The van der Waals surface area contributed by atoms with Gasteiger partial charge in [-0.05, 0) is 98.6 Å².